The highest BCUT2D eigenvalue weighted by Gasteiger charge is 2.29. The fourth-order valence-electron chi connectivity index (χ4n) is 1.84. The van der Waals surface area contributed by atoms with Crippen LogP contribution in [0.5, 0.6) is 5.75 Å². The Kier molecular flexibility index (Phi) is 2.15. The minimum Gasteiger partial charge on any atom is -0.508 e. The molecular weight excluding hydrogens is 178 g/mol. The average Bonchev–Trinajstić information content (AvgIpc) is 2.50. The van der Waals surface area contributed by atoms with Crippen LogP contribution in [0.15, 0.2) is 24.3 Å². The van der Waals surface area contributed by atoms with E-state index in [-0.39, 0.29) is 17.6 Å². The molecule has 1 heterocycles. The highest BCUT2D eigenvalue weighted by molar-refractivity contribution is 5.85. The van der Waals surface area contributed by atoms with Crippen molar-refractivity contribution in [1.29, 1.82) is 0 Å². The fourth-order valence-corrected chi connectivity index (χ4v) is 1.84. The lowest BCUT2D eigenvalue weighted by Crippen LogP contribution is -2.21. The van der Waals surface area contributed by atoms with E-state index in [2.05, 4.69) is 0 Å². The molecule has 74 valence electrons. The van der Waals surface area contributed by atoms with Crippen LogP contribution in [-0.4, -0.2) is 29.5 Å². The minimum atomic E-state index is -0.0133. The largest absolute Gasteiger partial charge is 0.508 e. The molecule has 1 N–H and O–H groups in total. The van der Waals surface area contributed by atoms with Crippen LogP contribution in [0, 0.1) is 0 Å². The van der Waals surface area contributed by atoms with Crippen molar-refractivity contribution < 1.29 is 9.90 Å². The zero-order valence-corrected chi connectivity index (χ0v) is 8.10. The number of hydrogen-bond acceptors (Lipinski definition) is 2. The predicted octanol–water partition coefficient (Wildman–Crippen LogP) is 1.34. The number of phenols is 1. The molecule has 2 rings (SSSR count). The van der Waals surface area contributed by atoms with Gasteiger partial charge in [0.1, 0.15) is 5.75 Å². The first-order valence-corrected chi connectivity index (χ1v) is 4.72. The molecule has 0 bridgehead atoms. The molecule has 3 heteroatoms. The number of hydrogen-bond donors (Lipinski definition) is 1. The van der Waals surface area contributed by atoms with E-state index in [4.69, 9.17) is 5.11 Å². The van der Waals surface area contributed by atoms with Crippen molar-refractivity contribution >= 4 is 5.91 Å². The van der Waals surface area contributed by atoms with Crippen LogP contribution in [0.3, 0.4) is 0 Å². The van der Waals surface area contributed by atoms with Gasteiger partial charge in [0.2, 0.25) is 5.91 Å². The molecule has 1 aliphatic rings. The lowest BCUT2D eigenvalue weighted by atomic mass is 9.98. The van der Waals surface area contributed by atoms with Gasteiger partial charge >= 0.3 is 0 Å². The lowest BCUT2D eigenvalue weighted by Gasteiger charge is -2.10. The number of rotatable bonds is 1. The minimum absolute atomic E-state index is 0.0133. The molecule has 0 aliphatic carbocycles. The van der Waals surface area contributed by atoms with Crippen molar-refractivity contribution in [2.45, 2.75) is 12.3 Å². The van der Waals surface area contributed by atoms with Gasteiger partial charge in [-0.1, -0.05) is 12.1 Å². The number of nitrogens with zero attached hydrogens (tertiary/aromatic N) is 1. The number of carbonyl (C=O) groups is 1. The monoisotopic (exact) mass is 191 g/mol. The van der Waals surface area contributed by atoms with Gasteiger partial charge in [0, 0.05) is 13.6 Å². The van der Waals surface area contributed by atoms with Gasteiger partial charge in [0.25, 0.3) is 0 Å². The third-order valence-corrected chi connectivity index (χ3v) is 2.72. The Morgan fingerprint density at radius 2 is 2.00 bits per heavy atom. The van der Waals surface area contributed by atoms with Crippen LogP contribution in [0.4, 0.5) is 0 Å². The Hall–Kier alpha value is -1.51. The van der Waals surface area contributed by atoms with Gasteiger partial charge in [0.05, 0.1) is 5.92 Å². The van der Waals surface area contributed by atoms with Gasteiger partial charge in [0.15, 0.2) is 0 Å². The standard InChI is InChI=1S/C11H13NO2/c1-12-7-6-10(11(12)14)8-2-4-9(13)5-3-8/h2-5,10,13H,6-7H2,1H3. The van der Waals surface area contributed by atoms with E-state index in [0.717, 1.165) is 18.5 Å². The smallest absolute Gasteiger partial charge is 0.229 e. The lowest BCUT2D eigenvalue weighted by molar-refractivity contribution is -0.127. The molecule has 0 aromatic heterocycles. The molecule has 1 amide bonds. The summed E-state index contributed by atoms with van der Waals surface area (Å²) in [6, 6.07) is 6.88. The highest BCUT2D eigenvalue weighted by atomic mass is 16.3. The van der Waals surface area contributed by atoms with E-state index < -0.39 is 0 Å². The summed E-state index contributed by atoms with van der Waals surface area (Å²) in [6.45, 7) is 0.824. The molecule has 1 fully saturated rings. The van der Waals surface area contributed by atoms with Crippen LogP contribution in [0.25, 0.3) is 0 Å². The van der Waals surface area contributed by atoms with Gasteiger partial charge in [-0.05, 0) is 24.1 Å². The molecule has 1 aromatic carbocycles. The summed E-state index contributed by atoms with van der Waals surface area (Å²) in [7, 11) is 1.82. The topological polar surface area (TPSA) is 40.5 Å². The van der Waals surface area contributed by atoms with Gasteiger partial charge in [-0.3, -0.25) is 4.79 Å². The maximum atomic E-state index is 11.7. The maximum Gasteiger partial charge on any atom is 0.229 e. The summed E-state index contributed by atoms with van der Waals surface area (Å²) in [5.74, 6) is 0.406. The SMILES string of the molecule is CN1CCC(c2ccc(O)cc2)C1=O. The molecular formula is C11H13NO2. The quantitative estimate of drug-likeness (QED) is 0.727. The third kappa shape index (κ3) is 1.45. The van der Waals surface area contributed by atoms with E-state index in [0.29, 0.717) is 0 Å². The molecule has 0 saturated carbocycles. The van der Waals surface area contributed by atoms with E-state index >= 15 is 0 Å². The number of aromatic hydroxyl groups is 1. The molecule has 14 heavy (non-hydrogen) atoms. The molecule has 0 radical (unpaired) electrons. The molecule has 3 nitrogen and oxygen atoms in total. The van der Waals surface area contributed by atoms with E-state index in [1.807, 2.05) is 19.2 Å². The van der Waals surface area contributed by atoms with Crippen molar-refractivity contribution in [2.24, 2.45) is 0 Å². The first-order valence-electron chi connectivity index (χ1n) is 4.72. The average molecular weight is 191 g/mol. The Labute approximate surface area is 83.0 Å². The summed E-state index contributed by atoms with van der Waals surface area (Å²) in [5, 5.41) is 9.12. The number of benzene rings is 1. The maximum absolute atomic E-state index is 11.7. The van der Waals surface area contributed by atoms with Gasteiger partial charge in [-0.25, -0.2) is 0 Å². The summed E-state index contributed by atoms with van der Waals surface area (Å²) in [5.41, 5.74) is 0.997. The summed E-state index contributed by atoms with van der Waals surface area (Å²) in [6.07, 6.45) is 0.875. The van der Waals surface area contributed by atoms with Crippen LogP contribution in [-0.2, 0) is 4.79 Å². The second kappa shape index (κ2) is 3.33. The Balaban J connectivity index is 2.24. The number of amides is 1. The zero-order chi connectivity index (χ0) is 10.1. The molecule has 1 aliphatic heterocycles. The third-order valence-electron chi connectivity index (χ3n) is 2.72. The number of carbonyl (C=O) groups excluding carboxylic acids is 1. The van der Waals surface area contributed by atoms with Crippen molar-refractivity contribution in [3.63, 3.8) is 0 Å². The number of likely N-dealkylation sites (tertiary alicyclic amines) is 1. The first kappa shape index (κ1) is 9.06. The first-order chi connectivity index (χ1) is 6.68. The molecule has 1 unspecified atom stereocenters. The highest BCUT2D eigenvalue weighted by Crippen LogP contribution is 2.28. The summed E-state index contributed by atoms with van der Waals surface area (Å²) in [4.78, 5) is 13.4. The van der Waals surface area contributed by atoms with E-state index in [1.165, 1.54) is 0 Å². The fraction of sp³-hybridized carbons (Fsp3) is 0.364. The van der Waals surface area contributed by atoms with Crippen molar-refractivity contribution in [3.05, 3.63) is 29.8 Å². The second-order valence-electron chi connectivity index (χ2n) is 3.69. The van der Waals surface area contributed by atoms with E-state index in [9.17, 15) is 4.79 Å². The second-order valence-corrected chi connectivity index (χ2v) is 3.69. The van der Waals surface area contributed by atoms with E-state index in [1.54, 1.807) is 17.0 Å². The van der Waals surface area contributed by atoms with Gasteiger partial charge in [-0.2, -0.15) is 0 Å². The summed E-state index contributed by atoms with van der Waals surface area (Å²) < 4.78 is 0. The van der Waals surface area contributed by atoms with Crippen LogP contribution in [0.2, 0.25) is 0 Å². The normalized spacial score (nSPS) is 21.6. The molecule has 0 spiro atoms. The van der Waals surface area contributed by atoms with Crippen LogP contribution in [0.1, 0.15) is 17.9 Å². The Morgan fingerprint density at radius 3 is 2.50 bits per heavy atom. The Bertz CT molecular complexity index is 345. The Morgan fingerprint density at radius 1 is 1.36 bits per heavy atom. The van der Waals surface area contributed by atoms with Crippen molar-refractivity contribution in [3.8, 4) is 5.75 Å². The van der Waals surface area contributed by atoms with Crippen LogP contribution < -0.4 is 0 Å². The zero-order valence-electron chi connectivity index (χ0n) is 8.10. The molecule has 1 aromatic rings. The van der Waals surface area contributed by atoms with Crippen molar-refractivity contribution in [2.75, 3.05) is 13.6 Å². The molecule has 1 saturated heterocycles. The van der Waals surface area contributed by atoms with Gasteiger partial charge < -0.3 is 10.0 Å². The van der Waals surface area contributed by atoms with Crippen LogP contribution >= 0.6 is 0 Å². The van der Waals surface area contributed by atoms with Gasteiger partial charge in [-0.15, -0.1) is 0 Å². The summed E-state index contributed by atoms with van der Waals surface area (Å²) >= 11 is 0. The number of likely N-dealkylation sites (N-methyl/N-ethyl adjacent to an activating group) is 1. The number of phenolic OH excluding ortho intramolecular Hbond substituents is 1. The predicted molar refractivity (Wildman–Crippen MR) is 53.1 cm³/mol. The molecule has 1 atom stereocenters. The van der Waals surface area contributed by atoms with Crippen molar-refractivity contribution in [1.82, 2.24) is 4.90 Å².